The molecule has 2 atom stereocenters. The van der Waals surface area contributed by atoms with Crippen LogP contribution >= 0.6 is 0 Å². The predicted molar refractivity (Wildman–Crippen MR) is 102 cm³/mol. The second-order valence-corrected chi connectivity index (χ2v) is 7.20. The molecule has 0 bridgehead atoms. The first-order valence-corrected chi connectivity index (χ1v) is 9.00. The summed E-state index contributed by atoms with van der Waals surface area (Å²) in [5.41, 5.74) is 8.64. The molecule has 1 fully saturated rings. The van der Waals surface area contributed by atoms with Crippen molar-refractivity contribution < 1.29 is 4.74 Å². The third kappa shape index (κ3) is 3.10. The first kappa shape index (κ1) is 16.8. The van der Waals surface area contributed by atoms with E-state index in [1.807, 2.05) is 38.1 Å². The molecule has 136 valence electrons. The molecule has 0 amide bonds. The number of rotatable bonds is 4. The maximum atomic E-state index is 6.10. The van der Waals surface area contributed by atoms with Crippen molar-refractivity contribution in [2.45, 2.75) is 45.4 Å². The molecule has 3 aromatic rings. The van der Waals surface area contributed by atoms with Crippen LogP contribution in [-0.2, 0) is 0 Å². The molecule has 7 nitrogen and oxygen atoms in total. The lowest BCUT2D eigenvalue weighted by molar-refractivity contribution is 0.243. The molecule has 2 unspecified atom stereocenters. The van der Waals surface area contributed by atoms with Crippen LogP contribution in [0.5, 0.6) is 5.75 Å². The van der Waals surface area contributed by atoms with Crippen LogP contribution in [0, 0.1) is 0 Å². The van der Waals surface area contributed by atoms with Gasteiger partial charge in [0.05, 0.1) is 17.3 Å². The minimum absolute atomic E-state index is 0.120. The van der Waals surface area contributed by atoms with Crippen molar-refractivity contribution in [2.75, 3.05) is 11.4 Å². The molecule has 0 radical (unpaired) electrons. The zero-order valence-electron chi connectivity index (χ0n) is 15.3. The topological polar surface area (TPSA) is 93.0 Å². The third-order valence-corrected chi connectivity index (χ3v) is 4.70. The van der Waals surface area contributed by atoms with Gasteiger partial charge in [0, 0.05) is 30.1 Å². The maximum Gasteiger partial charge on any atom is 0.132 e. The Morgan fingerprint density at radius 3 is 2.85 bits per heavy atom. The predicted octanol–water partition coefficient (Wildman–Crippen LogP) is 2.73. The number of H-pyrrole nitrogens is 1. The van der Waals surface area contributed by atoms with Gasteiger partial charge in [-0.25, -0.2) is 9.97 Å². The van der Waals surface area contributed by atoms with Crippen molar-refractivity contribution in [1.82, 2.24) is 20.2 Å². The van der Waals surface area contributed by atoms with Gasteiger partial charge in [-0.1, -0.05) is 0 Å². The van der Waals surface area contributed by atoms with Gasteiger partial charge in [0.1, 0.15) is 23.6 Å². The summed E-state index contributed by atoms with van der Waals surface area (Å²) in [4.78, 5) is 11.1. The molecule has 3 N–H and O–H groups in total. The molecule has 1 aromatic carbocycles. The van der Waals surface area contributed by atoms with Crippen molar-refractivity contribution >= 4 is 16.7 Å². The summed E-state index contributed by atoms with van der Waals surface area (Å²) in [7, 11) is 0. The quantitative estimate of drug-likeness (QED) is 0.750. The molecule has 1 aliphatic heterocycles. The number of nitrogens with zero attached hydrogens (tertiary/aromatic N) is 4. The molecule has 0 spiro atoms. The number of anilines is 1. The second-order valence-electron chi connectivity index (χ2n) is 7.20. The highest BCUT2D eigenvalue weighted by Crippen LogP contribution is 2.31. The Labute approximate surface area is 152 Å². The molecular formula is C19H24N6O. The Balaban J connectivity index is 1.72. The molecule has 7 heteroatoms. The number of fused-ring (bicyclic) bond motifs is 1. The Morgan fingerprint density at radius 1 is 1.27 bits per heavy atom. The highest BCUT2D eigenvalue weighted by Gasteiger charge is 2.28. The largest absolute Gasteiger partial charge is 0.491 e. The molecule has 0 aliphatic carbocycles. The average molecular weight is 352 g/mol. The zero-order valence-corrected chi connectivity index (χ0v) is 15.3. The maximum absolute atomic E-state index is 6.10. The van der Waals surface area contributed by atoms with Gasteiger partial charge in [-0.2, -0.15) is 5.10 Å². The van der Waals surface area contributed by atoms with Gasteiger partial charge < -0.3 is 15.4 Å². The summed E-state index contributed by atoms with van der Waals surface area (Å²) in [5.74, 6) is 1.71. The Kier molecular flexibility index (Phi) is 4.24. The average Bonchev–Trinajstić information content (AvgIpc) is 3.17. The highest BCUT2D eigenvalue weighted by molar-refractivity contribution is 5.93. The lowest BCUT2D eigenvalue weighted by Gasteiger charge is -2.22. The van der Waals surface area contributed by atoms with E-state index in [1.165, 1.54) is 0 Å². The van der Waals surface area contributed by atoms with E-state index in [4.69, 9.17) is 10.5 Å². The first-order valence-electron chi connectivity index (χ1n) is 9.00. The van der Waals surface area contributed by atoms with Crippen LogP contribution in [0.4, 0.5) is 5.82 Å². The summed E-state index contributed by atoms with van der Waals surface area (Å²) in [6.07, 6.45) is 2.69. The lowest BCUT2D eigenvalue weighted by Crippen LogP contribution is -2.29. The fraction of sp³-hybridized carbons (Fsp3) is 0.421. The van der Waals surface area contributed by atoms with Crippen LogP contribution in [0.2, 0.25) is 0 Å². The van der Waals surface area contributed by atoms with Gasteiger partial charge in [-0.15, -0.1) is 0 Å². The molecule has 4 rings (SSSR count). The summed E-state index contributed by atoms with van der Waals surface area (Å²) in [5, 5.41) is 8.53. The van der Waals surface area contributed by atoms with Crippen LogP contribution in [-0.4, -0.2) is 44.9 Å². The van der Waals surface area contributed by atoms with Crippen molar-refractivity contribution in [3.8, 4) is 17.1 Å². The van der Waals surface area contributed by atoms with Crippen LogP contribution in [0.3, 0.4) is 0 Å². The summed E-state index contributed by atoms with van der Waals surface area (Å²) in [6, 6.07) is 8.47. The van der Waals surface area contributed by atoms with Gasteiger partial charge in [0.15, 0.2) is 0 Å². The van der Waals surface area contributed by atoms with Gasteiger partial charge >= 0.3 is 0 Å². The molecule has 2 aromatic heterocycles. The van der Waals surface area contributed by atoms with Gasteiger partial charge in [0.2, 0.25) is 0 Å². The Hall–Kier alpha value is -2.67. The molecular weight excluding hydrogens is 328 g/mol. The first-order chi connectivity index (χ1) is 12.5. The smallest absolute Gasteiger partial charge is 0.132 e. The van der Waals surface area contributed by atoms with E-state index in [0.29, 0.717) is 6.04 Å². The number of nitrogens with one attached hydrogen (secondary N) is 1. The molecule has 3 heterocycles. The van der Waals surface area contributed by atoms with Crippen molar-refractivity contribution in [2.24, 2.45) is 5.73 Å². The van der Waals surface area contributed by atoms with E-state index in [0.717, 1.165) is 46.8 Å². The monoisotopic (exact) mass is 352 g/mol. The van der Waals surface area contributed by atoms with E-state index < -0.39 is 0 Å². The SMILES string of the molecule is CC(C)Oc1ccc2[nH]nc(-c3cc(N4CC(N)CC4C)ncn3)c2c1. The molecule has 1 aliphatic rings. The normalized spacial score (nSPS) is 20.3. The number of hydrogen-bond acceptors (Lipinski definition) is 6. The van der Waals surface area contributed by atoms with Crippen molar-refractivity contribution in [3.05, 3.63) is 30.6 Å². The second kappa shape index (κ2) is 6.57. The number of nitrogens with two attached hydrogens (primary N) is 1. The number of ether oxygens (including phenoxy) is 1. The fourth-order valence-corrected chi connectivity index (χ4v) is 3.56. The third-order valence-electron chi connectivity index (χ3n) is 4.70. The highest BCUT2D eigenvalue weighted by atomic mass is 16.5. The van der Waals surface area contributed by atoms with Crippen molar-refractivity contribution in [1.29, 1.82) is 0 Å². The van der Waals surface area contributed by atoms with Crippen LogP contribution in [0.15, 0.2) is 30.6 Å². The lowest BCUT2D eigenvalue weighted by atomic mass is 10.1. The zero-order chi connectivity index (χ0) is 18.3. The number of benzene rings is 1. The standard InChI is InChI=1S/C19H24N6O/c1-11(2)26-14-4-5-16-15(7-14)19(24-23-16)17-8-18(22-10-21-17)25-9-13(20)6-12(25)3/h4-5,7-8,10-13H,6,9,20H2,1-3H3,(H,23,24). The fourth-order valence-electron chi connectivity index (χ4n) is 3.56. The summed E-state index contributed by atoms with van der Waals surface area (Å²) < 4.78 is 5.82. The van der Waals surface area contributed by atoms with E-state index in [2.05, 4.69) is 32.0 Å². The van der Waals surface area contributed by atoms with Crippen molar-refractivity contribution in [3.63, 3.8) is 0 Å². The molecule has 0 saturated carbocycles. The molecule has 26 heavy (non-hydrogen) atoms. The van der Waals surface area contributed by atoms with Crippen LogP contribution < -0.4 is 15.4 Å². The van der Waals surface area contributed by atoms with E-state index in [1.54, 1.807) is 6.33 Å². The Morgan fingerprint density at radius 2 is 2.12 bits per heavy atom. The van der Waals surface area contributed by atoms with Gasteiger partial charge in [-0.05, 0) is 45.4 Å². The number of aromatic amines is 1. The summed E-state index contributed by atoms with van der Waals surface area (Å²) in [6.45, 7) is 7.01. The minimum atomic E-state index is 0.120. The van der Waals surface area contributed by atoms with E-state index in [-0.39, 0.29) is 12.1 Å². The molecule has 1 saturated heterocycles. The summed E-state index contributed by atoms with van der Waals surface area (Å²) >= 11 is 0. The number of aromatic nitrogens is 4. The number of hydrogen-bond donors (Lipinski definition) is 2. The Bertz CT molecular complexity index is 921. The van der Waals surface area contributed by atoms with Crippen LogP contribution in [0.1, 0.15) is 27.2 Å². The minimum Gasteiger partial charge on any atom is -0.491 e. The van der Waals surface area contributed by atoms with Gasteiger partial charge in [-0.3, -0.25) is 5.10 Å². The van der Waals surface area contributed by atoms with Crippen LogP contribution in [0.25, 0.3) is 22.3 Å². The van der Waals surface area contributed by atoms with Gasteiger partial charge in [0.25, 0.3) is 0 Å². The van der Waals surface area contributed by atoms with E-state index >= 15 is 0 Å². The van der Waals surface area contributed by atoms with E-state index in [9.17, 15) is 0 Å².